The molecule has 2 aliphatic rings. The van der Waals surface area contributed by atoms with Crippen molar-refractivity contribution in [3.8, 4) is 0 Å². The van der Waals surface area contributed by atoms with Crippen LogP contribution in [0.3, 0.4) is 0 Å². The molecule has 1 atom stereocenters. The molecule has 2 aliphatic heterocycles. The molecule has 4 heterocycles. The van der Waals surface area contributed by atoms with Crippen LogP contribution in [0.1, 0.15) is 24.0 Å². The Balaban J connectivity index is 1.33. The fraction of sp³-hybridized carbons (Fsp3) is 0.571. The van der Waals surface area contributed by atoms with Crippen molar-refractivity contribution in [2.45, 2.75) is 31.2 Å². The molecule has 0 aliphatic carbocycles. The Bertz CT molecular complexity index is 1150. The number of alkyl halides is 6. The second-order valence-electron chi connectivity index (χ2n) is 8.56. The van der Waals surface area contributed by atoms with Crippen molar-refractivity contribution >= 4 is 17.7 Å². The normalized spacial score (nSPS) is 19.3. The highest BCUT2D eigenvalue weighted by Gasteiger charge is 2.36. The minimum atomic E-state index is -4.84. The van der Waals surface area contributed by atoms with Crippen molar-refractivity contribution in [1.82, 2.24) is 25.1 Å². The molecule has 2 aromatic rings. The molecule has 4 rings (SSSR count). The van der Waals surface area contributed by atoms with Crippen LogP contribution in [0.25, 0.3) is 0 Å². The van der Waals surface area contributed by atoms with E-state index >= 15 is 0 Å². The zero-order valence-electron chi connectivity index (χ0n) is 19.3. The van der Waals surface area contributed by atoms with Gasteiger partial charge in [-0.05, 0) is 6.42 Å². The fourth-order valence-electron chi connectivity index (χ4n) is 4.18. The van der Waals surface area contributed by atoms with Gasteiger partial charge >= 0.3 is 12.4 Å². The molecule has 37 heavy (non-hydrogen) atoms. The molecule has 0 saturated carbocycles. The second kappa shape index (κ2) is 10.5. The Labute approximate surface area is 206 Å². The second-order valence-corrected chi connectivity index (χ2v) is 8.56. The third-order valence-electron chi connectivity index (χ3n) is 6.19. The van der Waals surface area contributed by atoms with Gasteiger partial charge in [-0.1, -0.05) is 0 Å². The maximum absolute atomic E-state index is 13.2. The van der Waals surface area contributed by atoms with Crippen LogP contribution < -0.4 is 15.4 Å². The van der Waals surface area contributed by atoms with Crippen LogP contribution in [-0.4, -0.2) is 83.0 Å². The van der Waals surface area contributed by atoms with E-state index in [2.05, 4.69) is 15.1 Å². The number of amides is 1. The maximum Gasteiger partial charge on any atom is 0.421 e. The van der Waals surface area contributed by atoms with Gasteiger partial charge in [0.25, 0.3) is 5.56 Å². The number of hydrogen-bond donors (Lipinski definition) is 1. The number of carbonyl (C=O) groups excluding carboxylic acids is 1. The molecule has 0 radical (unpaired) electrons. The van der Waals surface area contributed by atoms with Crippen LogP contribution in [0, 0.1) is 0 Å². The lowest BCUT2D eigenvalue weighted by molar-refractivity contribution is -0.139. The van der Waals surface area contributed by atoms with Crippen LogP contribution >= 0.6 is 0 Å². The Morgan fingerprint density at radius 3 is 2.32 bits per heavy atom. The summed E-state index contributed by atoms with van der Waals surface area (Å²) in [6, 6.07) is 0.264. The number of anilines is 2. The molecule has 2 aromatic heterocycles. The van der Waals surface area contributed by atoms with Gasteiger partial charge in [0.1, 0.15) is 11.4 Å². The van der Waals surface area contributed by atoms with E-state index in [1.54, 1.807) is 14.7 Å². The maximum atomic E-state index is 13.2. The molecule has 202 valence electrons. The van der Waals surface area contributed by atoms with Crippen molar-refractivity contribution in [3.63, 3.8) is 0 Å². The van der Waals surface area contributed by atoms with Crippen molar-refractivity contribution in [2.75, 3.05) is 55.7 Å². The first-order chi connectivity index (χ1) is 17.4. The number of H-pyrrole nitrogens is 1. The van der Waals surface area contributed by atoms with Crippen LogP contribution in [0.15, 0.2) is 23.3 Å². The summed E-state index contributed by atoms with van der Waals surface area (Å²) in [7, 11) is 0. The summed E-state index contributed by atoms with van der Waals surface area (Å²) >= 11 is 0. The van der Waals surface area contributed by atoms with E-state index in [1.807, 2.05) is 5.10 Å². The average molecular weight is 535 g/mol. The molecule has 0 aromatic carbocycles. The number of nitrogens with zero attached hydrogens (tertiary/aromatic N) is 6. The first kappa shape index (κ1) is 26.6. The summed E-state index contributed by atoms with van der Waals surface area (Å²) in [5.41, 5.74) is -3.64. The Kier molecular flexibility index (Phi) is 7.57. The first-order valence-electron chi connectivity index (χ1n) is 11.4. The highest BCUT2D eigenvalue weighted by molar-refractivity contribution is 5.76. The standard InChI is InChI=1S/C21H23F6N7O3/c22-20(23,24)13-10-28-19(29-11-13)33-5-3-32(4-6-33)17(35)2-1-14-12-37-8-7-34(14)16-9-15(21(25,26)27)18(36)31-30-16/h9-11,14H,1-8,12H2,(H,31,36)/t14-/m1/s1. The zero-order chi connectivity index (χ0) is 26.8. The van der Waals surface area contributed by atoms with E-state index in [1.165, 1.54) is 0 Å². The van der Waals surface area contributed by atoms with E-state index in [4.69, 9.17) is 4.74 Å². The van der Waals surface area contributed by atoms with Crippen molar-refractivity contribution in [3.05, 3.63) is 39.9 Å². The van der Waals surface area contributed by atoms with E-state index in [-0.39, 0.29) is 50.3 Å². The number of rotatable bonds is 5. The molecule has 2 saturated heterocycles. The summed E-state index contributed by atoms with van der Waals surface area (Å²) in [5, 5.41) is 5.64. The highest BCUT2D eigenvalue weighted by atomic mass is 19.4. The number of nitrogens with one attached hydrogen (secondary N) is 1. The van der Waals surface area contributed by atoms with Gasteiger partial charge in [0.2, 0.25) is 11.9 Å². The summed E-state index contributed by atoms with van der Waals surface area (Å²) in [5.74, 6) is -0.0940. The van der Waals surface area contributed by atoms with Gasteiger partial charge in [0, 0.05) is 57.6 Å². The largest absolute Gasteiger partial charge is 0.421 e. The van der Waals surface area contributed by atoms with Gasteiger partial charge in [-0.15, -0.1) is 0 Å². The van der Waals surface area contributed by atoms with Crippen molar-refractivity contribution < 1.29 is 35.9 Å². The van der Waals surface area contributed by atoms with Gasteiger partial charge in [-0.2, -0.15) is 31.4 Å². The van der Waals surface area contributed by atoms with E-state index in [0.717, 1.165) is 0 Å². The molecule has 1 N–H and O–H groups in total. The number of halogens is 6. The minimum Gasteiger partial charge on any atom is -0.377 e. The number of piperazine rings is 1. The van der Waals surface area contributed by atoms with E-state index in [9.17, 15) is 35.9 Å². The van der Waals surface area contributed by atoms with Crippen LogP contribution in [-0.2, 0) is 21.9 Å². The predicted molar refractivity (Wildman–Crippen MR) is 117 cm³/mol. The number of hydrogen-bond acceptors (Lipinski definition) is 8. The number of carbonyl (C=O) groups is 1. The topological polar surface area (TPSA) is 108 Å². The lowest BCUT2D eigenvalue weighted by Crippen LogP contribution is -2.50. The monoisotopic (exact) mass is 535 g/mol. The summed E-state index contributed by atoms with van der Waals surface area (Å²) in [6.07, 6.45) is -7.56. The Hall–Kier alpha value is -3.43. The van der Waals surface area contributed by atoms with Gasteiger partial charge < -0.3 is 19.4 Å². The number of aromatic nitrogens is 4. The summed E-state index contributed by atoms with van der Waals surface area (Å²) in [4.78, 5) is 36.8. The molecule has 1 amide bonds. The summed E-state index contributed by atoms with van der Waals surface area (Å²) < 4.78 is 83.0. The summed E-state index contributed by atoms with van der Waals surface area (Å²) in [6.45, 7) is 1.94. The fourth-order valence-corrected chi connectivity index (χ4v) is 4.18. The molecule has 2 fully saturated rings. The molecule has 10 nitrogen and oxygen atoms in total. The lowest BCUT2D eigenvalue weighted by atomic mass is 10.1. The van der Waals surface area contributed by atoms with Crippen molar-refractivity contribution in [1.29, 1.82) is 0 Å². The Morgan fingerprint density at radius 2 is 1.70 bits per heavy atom. The quantitative estimate of drug-likeness (QED) is 0.579. The van der Waals surface area contributed by atoms with Gasteiger partial charge in [-0.25, -0.2) is 15.1 Å². The molecular weight excluding hydrogens is 512 g/mol. The van der Waals surface area contributed by atoms with E-state index in [0.29, 0.717) is 44.6 Å². The lowest BCUT2D eigenvalue weighted by Gasteiger charge is -2.37. The number of morpholine rings is 1. The van der Waals surface area contributed by atoms with Gasteiger partial charge in [0.05, 0.1) is 24.8 Å². The average Bonchev–Trinajstić information content (AvgIpc) is 2.87. The third kappa shape index (κ3) is 6.29. The zero-order valence-corrected chi connectivity index (χ0v) is 19.3. The highest BCUT2D eigenvalue weighted by Crippen LogP contribution is 2.30. The molecule has 16 heteroatoms. The Morgan fingerprint density at radius 1 is 1.03 bits per heavy atom. The molecular formula is C21H23F6N7O3. The molecule has 0 spiro atoms. The third-order valence-corrected chi connectivity index (χ3v) is 6.19. The van der Waals surface area contributed by atoms with Crippen LogP contribution in [0.2, 0.25) is 0 Å². The molecule has 0 unspecified atom stereocenters. The number of ether oxygens (including phenoxy) is 1. The minimum absolute atomic E-state index is 0.0576. The predicted octanol–water partition coefficient (Wildman–Crippen LogP) is 1.93. The van der Waals surface area contributed by atoms with E-state index < -0.39 is 35.1 Å². The van der Waals surface area contributed by atoms with Crippen molar-refractivity contribution in [2.24, 2.45) is 0 Å². The first-order valence-corrected chi connectivity index (χ1v) is 11.4. The SMILES string of the molecule is O=C(CC[C@@H]1COCCN1c1cc(C(F)(F)F)c(=O)[nH]n1)N1CCN(c2ncc(C(F)(F)F)cn2)CC1. The van der Waals surface area contributed by atoms with Gasteiger partial charge in [-0.3, -0.25) is 9.59 Å². The van der Waals surface area contributed by atoms with Crippen LogP contribution in [0.5, 0.6) is 0 Å². The smallest absolute Gasteiger partial charge is 0.377 e. The van der Waals surface area contributed by atoms with Crippen LogP contribution in [0.4, 0.5) is 38.1 Å². The number of aromatic amines is 1. The van der Waals surface area contributed by atoms with Gasteiger partial charge in [0.15, 0.2) is 0 Å². The molecule has 0 bridgehead atoms.